The molecule has 1 N–H and O–H groups in total. The van der Waals surface area contributed by atoms with Crippen molar-refractivity contribution >= 4 is 11.6 Å². The van der Waals surface area contributed by atoms with Gasteiger partial charge in [-0.2, -0.15) is 0 Å². The van der Waals surface area contributed by atoms with Crippen molar-refractivity contribution in [2.45, 2.75) is 19.9 Å². The summed E-state index contributed by atoms with van der Waals surface area (Å²) >= 11 is 0. The molecule has 5 heteroatoms. The first kappa shape index (κ1) is 19.4. The number of ether oxygens (including phenoxy) is 1. The number of aryl methyl sites for hydroxylation is 1. The van der Waals surface area contributed by atoms with Gasteiger partial charge in [0.05, 0.1) is 13.7 Å². The van der Waals surface area contributed by atoms with Crippen LogP contribution in [0, 0.1) is 0 Å². The van der Waals surface area contributed by atoms with Crippen LogP contribution in [0.3, 0.4) is 0 Å². The summed E-state index contributed by atoms with van der Waals surface area (Å²) in [4.78, 5) is 16.9. The van der Waals surface area contributed by atoms with Crippen molar-refractivity contribution in [1.82, 2.24) is 9.80 Å². The molecule has 1 fully saturated rings. The molecule has 0 aromatic heterocycles. The summed E-state index contributed by atoms with van der Waals surface area (Å²) in [5.41, 5.74) is 3.41. The minimum Gasteiger partial charge on any atom is -0.497 e. The number of hydrogen-bond donors (Lipinski definition) is 1. The normalized spacial score (nSPS) is 15.5. The van der Waals surface area contributed by atoms with Crippen LogP contribution in [0.2, 0.25) is 0 Å². The number of nitrogens with one attached hydrogen (secondary N) is 1. The van der Waals surface area contributed by atoms with E-state index < -0.39 is 0 Å². The number of nitrogens with zero attached hydrogens (tertiary/aromatic N) is 2. The second-order valence-electron chi connectivity index (χ2n) is 7.00. The van der Waals surface area contributed by atoms with Crippen LogP contribution in [0.4, 0.5) is 5.69 Å². The molecule has 1 aliphatic rings. The fourth-order valence-corrected chi connectivity index (χ4v) is 3.36. The second-order valence-corrected chi connectivity index (χ2v) is 7.00. The van der Waals surface area contributed by atoms with Crippen LogP contribution in [0.25, 0.3) is 0 Å². The third-order valence-corrected chi connectivity index (χ3v) is 5.02. The summed E-state index contributed by atoms with van der Waals surface area (Å²) in [6, 6.07) is 16.3. The van der Waals surface area contributed by atoms with E-state index in [9.17, 15) is 4.79 Å². The Morgan fingerprint density at radius 1 is 1.00 bits per heavy atom. The number of carbonyl (C=O) groups is 1. The van der Waals surface area contributed by atoms with Gasteiger partial charge in [0.1, 0.15) is 5.75 Å². The summed E-state index contributed by atoms with van der Waals surface area (Å²) in [6.07, 6.45) is 1.01. The van der Waals surface area contributed by atoms with Crippen LogP contribution in [0.1, 0.15) is 18.1 Å². The van der Waals surface area contributed by atoms with Gasteiger partial charge in [-0.1, -0.05) is 31.2 Å². The van der Waals surface area contributed by atoms with E-state index >= 15 is 0 Å². The Labute approximate surface area is 161 Å². The maximum absolute atomic E-state index is 12.3. The van der Waals surface area contributed by atoms with E-state index in [1.807, 2.05) is 24.3 Å². The molecule has 0 atom stereocenters. The highest BCUT2D eigenvalue weighted by Gasteiger charge is 2.19. The summed E-state index contributed by atoms with van der Waals surface area (Å²) < 4.78 is 5.30. The maximum Gasteiger partial charge on any atom is 0.238 e. The van der Waals surface area contributed by atoms with Crippen LogP contribution in [-0.4, -0.2) is 55.5 Å². The highest BCUT2D eigenvalue weighted by Crippen LogP contribution is 2.15. The van der Waals surface area contributed by atoms with Gasteiger partial charge in [-0.05, 0) is 41.8 Å². The zero-order valence-corrected chi connectivity index (χ0v) is 16.3. The molecule has 1 heterocycles. The molecular formula is C22H29N3O2. The Balaban J connectivity index is 1.42. The second kappa shape index (κ2) is 9.53. The zero-order chi connectivity index (χ0) is 19.1. The number of anilines is 1. The molecule has 0 radical (unpaired) electrons. The van der Waals surface area contributed by atoms with Gasteiger partial charge in [-0.15, -0.1) is 0 Å². The lowest BCUT2D eigenvalue weighted by Gasteiger charge is -2.34. The van der Waals surface area contributed by atoms with Crippen LogP contribution in [0.15, 0.2) is 48.5 Å². The van der Waals surface area contributed by atoms with Crippen LogP contribution < -0.4 is 10.1 Å². The number of methoxy groups -OCH3 is 1. The number of amides is 1. The Morgan fingerprint density at radius 2 is 1.70 bits per heavy atom. The van der Waals surface area contributed by atoms with Crippen LogP contribution >= 0.6 is 0 Å². The average Bonchev–Trinajstić information content (AvgIpc) is 2.70. The molecule has 3 rings (SSSR count). The van der Waals surface area contributed by atoms with Crippen molar-refractivity contribution in [3.63, 3.8) is 0 Å². The summed E-state index contributed by atoms with van der Waals surface area (Å²) in [5.74, 6) is 0.954. The Morgan fingerprint density at radius 3 is 2.37 bits per heavy atom. The van der Waals surface area contributed by atoms with Gasteiger partial charge in [0.15, 0.2) is 0 Å². The smallest absolute Gasteiger partial charge is 0.238 e. The van der Waals surface area contributed by atoms with Crippen LogP contribution in [-0.2, 0) is 17.8 Å². The lowest BCUT2D eigenvalue weighted by atomic mass is 10.1. The van der Waals surface area contributed by atoms with Crippen molar-refractivity contribution in [1.29, 1.82) is 0 Å². The van der Waals surface area contributed by atoms with E-state index in [0.717, 1.165) is 50.6 Å². The molecular weight excluding hydrogens is 338 g/mol. The van der Waals surface area contributed by atoms with E-state index in [1.54, 1.807) is 7.11 Å². The molecule has 144 valence electrons. The molecule has 0 aliphatic carbocycles. The highest BCUT2D eigenvalue weighted by atomic mass is 16.5. The molecule has 5 nitrogen and oxygen atoms in total. The standard InChI is InChI=1S/C22H29N3O2/c1-3-18-7-9-20(10-8-18)23-22(26)17-25-13-11-24(12-14-25)16-19-5-4-6-21(15-19)27-2/h4-10,15H,3,11-14,16-17H2,1-2H3,(H,23,26). The number of piperazine rings is 1. The largest absolute Gasteiger partial charge is 0.497 e. The van der Waals surface area contributed by atoms with E-state index in [2.05, 4.69) is 46.3 Å². The molecule has 1 amide bonds. The summed E-state index contributed by atoms with van der Waals surface area (Å²) in [5, 5.41) is 3.00. The SMILES string of the molecule is CCc1ccc(NC(=O)CN2CCN(Cc3cccc(OC)c3)CC2)cc1. The lowest BCUT2D eigenvalue weighted by molar-refractivity contribution is -0.117. The van der Waals surface area contributed by atoms with E-state index in [4.69, 9.17) is 4.74 Å². The molecule has 0 unspecified atom stereocenters. The van der Waals surface area contributed by atoms with Gasteiger partial charge in [0.25, 0.3) is 0 Å². The van der Waals surface area contributed by atoms with E-state index in [0.29, 0.717) is 6.54 Å². The quantitative estimate of drug-likeness (QED) is 0.817. The molecule has 0 bridgehead atoms. The third kappa shape index (κ3) is 5.81. The molecule has 1 aliphatic heterocycles. The molecule has 0 saturated carbocycles. The number of hydrogen-bond acceptors (Lipinski definition) is 4. The van der Waals surface area contributed by atoms with Crippen LogP contribution in [0.5, 0.6) is 5.75 Å². The number of rotatable bonds is 7. The molecule has 27 heavy (non-hydrogen) atoms. The first-order valence-corrected chi connectivity index (χ1v) is 9.62. The molecule has 2 aromatic rings. The predicted molar refractivity (Wildman–Crippen MR) is 109 cm³/mol. The van der Waals surface area contributed by atoms with Gasteiger partial charge >= 0.3 is 0 Å². The van der Waals surface area contributed by atoms with Crippen molar-refractivity contribution in [3.8, 4) is 5.75 Å². The van der Waals surface area contributed by atoms with Gasteiger partial charge in [-0.25, -0.2) is 0 Å². The predicted octanol–water partition coefficient (Wildman–Crippen LogP) is 3.01. The monoisotopic (exact) mass is 367 g/mol. The lowest BCUT2D eigenvalue weighted by Crippen LogP contribution is -2.48. The first-order valence-electron chi connectivity index (χ1n) is 9.62. The molecule has 2 aromatic carbocycles. The topological polar surface area (TPSA) is 44.8 Å². The van der Waals surface area contributed by atoms with Gasteiger partial charge in [0, 0.05) is 38.4 Å². The first-order chi connectivity index (χ1) is 13.2. The summed E-state index contributed by atoms with van der Waals surface area (Å²) in [7, 11) is 1.70. The third-order valence-electron chi connectivity index (χ3n) is 5.02. The summed E-state index contributed by atoms with van der Waals surface area (Å²) in [6.45, 7) is 7.24. The minimum absolute atomic E-state index is 0.0560. The van der Waals surface area contributed by atoms with Crippen molar-refractivity contribution in [2.24, 2.45) is 0 Å². The van der Waals surface area contributed by atoms with Gasteiger partial charge < -0.3 is 10.1 Å². The number of benzene rings is 2. The fourth-order valence-electron chi connectivity index (χ4n) is 3.36. The van der Waals surface area contributed by atoms with Gasteiger partial charge in [-0.3, -0.25) is 14.6 Å². The van der Waals surface area contributed by atoms with Crippen molar-refractivity contribution < 1.29 is 9.53 Å². The zero-order valence-electron chi connectivity index (χ0n) is 16.3. The number of carbonyl (C=O) groups excluding carboxylic acids is 1. The van der Waals surface area contributed by atoms with Gasteiger partial charge in [0.2, 0.25) is 5.91 Å². The fraction of sp³-hybridized carbons (Fsp3) is 0.409. The Hall–Kier alpha value is -2.37. The minimum atomic E-state index is 0.0560. The van der Waals surface area contributed by atoms with Crippen molar-refractivity contribution in [3.05, 3.63) is 59.7 Å². The highest BCUT2D eigenvalue weighted by molar-refractivity contribution is 5.92. The molecule has 1 saturated heterocycles. The van der Waals surface area contributed by atoms with E-state index in [-0.39, 0.29) is 5.91 Å². The average molecular weight is 367 g/mol. The Bertz CT molecular complexity index is 737. The Kier molecular flexibility index (Phi) is 6.85. The molecule has 0 spiro atoms. The van der Waals surface area contributed by atoms with Crippen molar-refractivity contribution in [2.75, 3.05) is 45.2 Å². The van der Waals surface area contributed by atoms with E-state index in [1.165, 1.54) is 11.1 Å². The maximum atomic E-state index is 12.3.